The van der Waals surface area contributed by atoms with E-state index in [-0.39, 0.29) is 21.7 Å². The summed E-state index contributed by atoms with van der Waals surface area (Å²) in [5.74, 6) is -2.28. The molecule has 1 aromatic heterocycles. The number of benzene rings is 1. The minimum Gasteiger partial charge on any atom is -0.464 e. The van der Waals surface area contributed by atoms with Gasteiger partial charge in [0.05, 0.1) is 19.5 Å². The molecule has 1 heterocycles. The summed E-state index contributed by atoms with van der Waals surface area (Å²) >= 11 is 2.98. The number of rotatable bonds is 3. The average molecular weight is 344 g/mol. The molecule has 1 N–H and O–H groups in total. The number of carbonyl (C=O) groups is 1. The third-order valence-electron chi connectivity index (χ3n) is 2.29. The summed E-state index contributed by atoms with van der Waals surface area (Å²) in [6.07, 6.45) is 2.42. The van der Waals surface area contributed by atoms with E-state index in [1.807, 2.05) is 0 Å². The van der Waals surface area contributed by atoms with E-state index < -0.39 is 17.6 Å². The Balaban J connectivity index is 2.33. The van der Waals surface area contributed by atoms with Gasteiger partial charge in [0, 0.05) is 4.47 Å². The van der Waals surface area contributed by atoms with Crippen molar-refractivity contribution in [2.75, 3.05) is 12.4 Å². The number of nitrogens with zero attached hydrogens (tertiary/aromatic N) is 2. The summed E-state index contributed by atoms with van der Waals surface area (Å²) in [5, 5.41) is 2.43. The largest absolute Gasteiger partial charge is 0.464 e. The number of carbonyl (C=O) groups excluding carboxylic acids is 1. The van der Waals surface area contributed by atoms with E-state index in [1.54, 1.807) is 0 Å². The van der Waals surface area contributed by atoms with Crippen molar-refractivity contribution in [3.05, 3.63) is 46.3 Å². The Morgan fingerprint density at radius 3 is 2.55 bits per heavy atom. The number of aromatic nitrogens is 2. The molecule has 5 nitrogen and oxygen atoms in total. The molecule has 0 amide bonds. The van der Waals surface area contributed by atoms with Gasteiger partial charge in [-0.2, -0.15) is 0 Å². The second-order valence-electron chi connectivity index (χ2n) is 3.65. The van der Waals surface area contributed by atoms with E-state index in [0.29, 0.717) is 0 Å². The lowest BCUT2D eigenvalue weighted by molar-refractivity contribution is 0.0593. The molecule has 104 valence electrons. The van der Waals surface area contributed by atoms with Gasteiger partial charge in [0.15, 0.2) is 17.3 Å². The molecule has 0 fully saturated rings. The van der Waals surface area contributed by atoms with Gasteiger partial charge in [0.25, 0.3) is 0 Å². The van der Waals surface area contributed by atoms with Crippen molar-refractivity contribution >= 4 is 33.4 Å². The summed E-state index contributed by atoms with van der Waals surface area (Å²) in [5.41, 5.74) is -0.458. The normalized spacial score (nSPS) is 10.2. The Kier molecular flexibility index (Phi) is 4.23. The summed E-state index contributed by atoms with van der Waals surface area (Å²) in [4.78, 5) is 18.9. The predicted molar refractivity (Wildman–Crippen MR) is 70.7 cm³/mol. The van der Waals surface area contributed by atoms with Gasteiger partial charge in [0.1, 0.15) is 11.5 Å². The number of hydrogen-bond acceptors (Lipinski definition) is 5. The highest BCUT2D eigenvalue weighted by atomic mass is 79.9. The van der Waals surface area contributed by atoms with Crippen molar-refractivity contribution in [3.8, 4) is 0 Å². The van der Waals surface area contributed by atoms with Crippen molar-refractivity contribution in [1.29, 1.82) is 0 Å². The Labute approximate surface area is 121 Å². The highest BCUT2D eigenvalue weighted by molar-refractivity contribution is 9.10. The van der Waals surface area contributed by atoms with Gasteiger partial charge in [-0.25, -0.2) is 18.6 Å². The lowest BCUT2D eigenvalue weighted by Crippen LogP contribution is -2.07. The number of nitrogens with one attached hydrogen (secondary N) is 1. The second kappa shape index (κ2) is 5.91. The van der Waals surface area contributed by atoms with Crippen LogP contribution in [0.1, 0.15) is 10.5 Å². The molecule has 0 saturated heterocycles. The molecular weight excluding hydrogens is 336 g/mol. The summed E-state index contributed by atoms with van der Waals surface area (Å²) in [7, 11) is 1.19. The van der Waals surface area contributed by atoms with Crippen LogP contribution >= 0.6 is 15.9 Å². The van der Waals surface area contributed by atoms with E-state index in [4.69, 9.17) is 0 Å². The van der Waals surface area contributed by atoms with Gasteiger partial charge >= 0.3 is 5.97 Å². The maximum Gasteiger partial charge on any atom is 0.358 e. The third kappa shape index (κ3) is 3.08. The first-order valence-electron chi connectivity index (χ1n) is 5.33. The lowest BCUT2D eigenvalue weighted by atomic mass is 10.3. The molecule has 20 heavy (non-hydrogen) atoms. The fourth-order valence-corrected chi connectivity index (χ4v) is 1.82. The smallest absolute Gasteiger partial charge is 0.358 e. The van der Waals surface area contributed by atoms with Gasteiger partial charge in [-0.15, -0.1) is 0 Å². The monoisotopic (exact) mass is 343 g/mol. The molecular formula is C12H8BrF2N3O2. The fourth-order valence-electron chi connectivity index (χ4n) is 1.42. The van der Waals surface area contributed by atoms with Crippen LogP contribution in [0.4, 0.5) is 20.3 Å². The minimum absolute atomic E-state index is 0.0213. The van der Waals surface area contributed by atoms with Crippen LogP contribution in [0.15, 0.2) is 29.0 Å². The van der Waals surface area contributed by atoms with Crippen LogP contribution in [0.3, 0.4) is 0 Å². The SMILES string of the molecule is COC(=O)c1cncc(Nc2c(F)cc(Br)cc2F)n1. The van der Waals surface area contributed by atoms with Crippen molar-refractivity contribution in [2.45, 2.75) is 0 Å². The maximum absolute atomic E-state index is 13.6. The van der Waals surface area contributed by atoms with Crippen molar-refractivity contribution in [3.63, 3.8) is 0 Å². The molecule has 0 aliphatic heterocycles. The Morgan fingerprint density at radius 2 is 1.95 bits per heavy atom. The summed E-state index contributed by atoms with van der Waals surface area (Å²) < 4.78 is 32.1. The van der Waals surface area contributed by atoms with Crippen LogP contribution in [0.2, 0.25) is 0 Å². The van der Waals surface area contributed by atoms with E-state index in [9.17, 15) is 13.6 Å². The third-order valence-corrected chi connectivity index (χ3v) is 2.75. The second-order valence-corrected chi connectivity index (χ2v) is 4.57. The zero-order valence-corrected chi connectivity index (χ0v) is 11.7. The summed E-state index contributed by atoms with van der Waals surface area (Å²) in [6.45, 7) is 0. The van der Waals surface area contributed by atoms with E-state index >= 15 is 0 Å². The van der Waals surface area contributed by atoms with Crippen molar-refractivity contribution in [2.24, 2.45) is 0 Å². The Morgan fingerprint density at radius 1 is 1.30 bits per heavy atom. The highest BCUT2D eigenvalue weighted by Crippen LogP contribution is 2.26. The molecule has 0 unspecified atom stereocenters. The number of hydrogen-bond donors (Lipinski definition) is 1. The van der Waals surface area contributed by atoms with Crippen LogP contribution in [0, 0.1) is 11.6 Å². The molecule has 8 heteroatoms. The molecule has 0 aliphatic rings. The first-order valence-corrected chi connectivity index (χ1v) is 6.12. The van der Waals surface area contributed by atoms with Crippen LogP contribution in [-0.4, -0.2) is 23.0 Å². The lowest BCUT2D eigenvalue weighted by Gasteiger charge is -2.08. The minimum atomic E-state index is -0.804. The zero-order valence-electron chi connectivity index (χ0n) is 10.2. The highest BCUT2D eigenvalue weighted by Gasteiger charge is 2.13. The topological polar surface area (TPSA) is 64.1 Å². The number of halogens is 3. The predicted octanol–water partition coefficient (Wildman–Crippen LogP) is 3.05. The van der Waals surface area contributed by atoms with E-state index in [0.717, 1.165) is 12.1 Å². The quantitative estimate of drug-likeness (QED) is 0.867. The number of esters is 1. The van der Waals surface area contributed by atoms with E-state index in [2.05, 4.69) is 36.0 Å². The van der Waals surface area contributed by atoms with E-state index in [1.165, 1.54) is 19.5 Å². The fraction of sp³-hybridized carbons (Fsp3) is 0.0833. The van der Waals surface area contributed by atoms with Crippen molar-refractivity contribution in [1.82, 2.24) is 9.97 Å². The maximum atomic E-state index is 13.6. The van der Waals surface area contributed by atoms with Gasteiger partial charge < -0.3 is 10.1 Å². The first-order chi connectivity index (χ1) is 9.51. The molecule has 2 rings (SSSR count). The molecule has 1 aromatic carbocycles. The molecule has 0 aliphatic carbocycles. The van der Waals surface area contributed by atoms with Gasteiger partial charge in [-0.05, 0) is 12.1 Å². The first kappa shape index (κ1) is 14.3. The van der Waals surface area contributed by atoms with Crippen LogP contribution < -0.4 is 5.32 Å². The summed E-state index contributed by atoms with van der Waals surface area (Å²) in [6, 6.07) is 2.20. The standard InChI is InChI=1S/C12H8BrF2N3O2/c1-20-12(19)9-4-16-5-10(17-9)18-11-7(14)2-6(13)3-8(11)15/h2-5H,1H3,(H,17,18). The number of methoxy groups -OCH3 is 1. The van der Waals surface area contributed by atoms with Crippen molar-refractivity contribution < 1.29 is 18.3 Å². The number of anilines is 2. The van der Waals surface area contributed by atoms with Crippen LogP contribution in [0.25, 0.3) is 0 Å². The molecule has 0 bridgehead atoms. The molecule has 0 spiro atoms. The number of ether oxygens (including phenoxy) is 1. The molecule has 0 atom stereocenters. The van der Waals surface area contributed by atoms with Gasteiger partial charge in [0.2, 0.25) is 0 Å². The molecule has 2 aromatic rings. The van der Waals surface area contributed by atoms with Gasteiger partial charge in [-0.1, -0.05) is 15.9 Å². The Hall–Kier alpha value is -2.09. The molecule has 0 radical (unpaired) electrons. The Bertz CT molecular complexity index is 644. The molecule has 0 saturated carbocycles. The van der Waals surface area contributed by atoms with Crippen LogP contribution in [0.5, 0.6) is 0 Å². The van der Waals surface area contributed by atoms with Gasteiger partial charge in [-0.3, -0.25) is 4.98 Å². The van der Waals surface area contributed by atoms with Crippen LogP contribution in [-0.2, 0) is 4.74 Å². The average Bonchev–Trinajstić information content (AvgIpc) is 2.42. The zero-order chi connectivity index (χ0) is 14.7.